The Morgan fingerprint density at radius 1 is 1.14 bits per heavy atom. The third-order valence-corrected chi connectivity index (χ3v) is 2.97. The summed E-state index contributed by atoms with van der Waals surface area (Å²) in [5, 5.41) is 12.7. The predicted octanol–water partition coefficient (Wildman–Crippen LogP) is 2.42. The monoisotopic (exact) mass is 201 g/mol. The van der Waals surface area contributed by atoms with Crippen LogP contribution in [0.3, 0.4) is 0 Å². The quantitative estimate of drug-likeness (QED) is 0.663. The second kappa shape index (κ2) is 7.24. The van der Waals surface area contributed by atoms with Crippen LogP contribution in [0.4, 0.5) is 0 Å². The highest BCUT2D eigenvalue weighted by atomic mass is 16.3. The van der Waals surface area contributed by atoms with Gasteiger partial charge in [0.2, 0.25) is 0 Å². The highest BCUT2D eigenvalue weighted by Crippen LogP contribution is 2.10. The summed E-state index contributed by atoms with van der Waals surface area (Å²) < 4.78 is 0. The molecule has 0 unspecified atom stereocenters. The first-order valence-electron chi connectivity index (χ1n) is 5.88. The standard InChI is InChI=1S/C12H27NO/c1-6-10(4)11(5)13-12(8-14)7-9(2)3/h9-14H,6-8H2,1-5H3/t10-,11-,12-/m0/s1. The normalized spacial score (nSPS) is 18.2. The zero-order valence-electron chi connectivity index (χ0n) is 10.4. The molecule has 0 heterocycles. The minimum Gasteiger partial charge on any atom is -0.395 e. The van der Waals surface area contributed by atoms with E-state index >= 15 is 0 Å². The van der Waals surface area contributed by atoms with E-state index in [9.17, 15) is 5.11 Å². The molecule has 0 aliphatic rings. The maximum absolute atomic E-state index is 9.22. The molecule has 0 spiro atoms. The van der Waals surface area contributed by atoms with Gasteiger partial charge < -0.3 is 10.4 Å². The summed E-state index contributed by atoms with van der Waals surface area (Å²) in [5.74, 6) is 1.32. The molecule has 0 aliphatic carbocycles. The van der Waals surface area contributed by atoms with Crippen molar-refractivity contribution in [2.24, 2.45) is 11.8 Å². The highest BCUT2D eigenvalue weighted by Gasteiger charge is 2.15. The molecule has 3 atom stereocenters. The van der Waals surface area contributed by atoms with Gasteiger partial charge in [-0.15, -0.1) is 0 Å². The van der Waals surface area contributed by atoms with Crippen molar-refractivity contribution >= 4 is 0 Å². The molecule has 0 saturated carbocycles. The van der Waals surface area contributed by atoms with Crippen LogP contribution < -0.4 is 5.32 Å². The SMILES string of the molecule is CC[C@H](C)[C@H](C)N[C@H](CO)CC(C)C. The Hall–Kier alpha value is -0.0800. The molecule has 86 valence electrons. The van der Waals surface area contributed by atoms with Crippen molar-refractivity contribution in [3.05, 3.63) is 0 Å². The first-order chi connectivity index (χ1) is 6.51. The van der Waals surface area contributed by atoms with E-state index in [1.54, 1.807) is 0 Å². The molecule has 0 aromatic rings. The molecule has 0 aliphatic heterocycles. The van der Waals surface area contributed by atoms with Gasteiger partial charge in [0.05, 0.1) is 6.61 Å². The van der Waals surface area contributed by atoms with Gasteiger partial charge >= 0.3 is 0 Å². The van der Waals surface area contributed by atoms with Crippen molar-refractivity contribution in [3.8, 4) is 0 Å². The van der Waals surface area contributed by atoms with E-state index in [2.05, 4.69) is 39.9 Å². The summed E-state index contributed by atoms with van der Waals surface area (Å²) in [7, 11) is 0. The lowest BCUT2D eigenvalue weighted by Gasteiger charge is -2.26. The lowest BCUT2D eigenvalue weighted by Crippen LogP contribution is -2.42. The Labute approximate surface area is 89.1 Å². The van der Waals surface area contributed by atoms with Crippen LogP contribution in [0.5, 0.6) is 0 Å². The molecular weight excluding hydrogens is 174 g/mol. The summed E-state index contributed by atoms with van der Waals surface area (Å²) in [6.45, 7) is 11.3. The zero-order chi connectivity index (χ0) is 11.1. The van der Waals surface area contributed by atoms with E-state index in [4.69, 9.17) is 0 Å². The molecule has 2 nitrogen and oxygen atoms in total. The Kier molecular flexibility index (Phi) is 7.20. The molecule has 2 heteroatoms. The van der Waals surface area contributed by atoms with Crippen molar-refractivity contribution in [3.63, 3.8) is 0 Å². The van der Waals surface area contributed by atoms with E-state index < -0.39 is 0 Å². The summed E-state index contributed by atoms with van der Waals surface area (Å²) in [5.41, 5.74) is 0. The van der Waals surface area contributed by atoms with E-state index in [0.717, 1.165) is 6.42 Å². The highest BCUT2D eigenvalue weighted by molar-refractivity contribution is 4.75. The van der Waals surface area contributed by atoms with Gasteiger partial charge in [-0.05, 0) is 25.2 Å². The Balaban J connectivity index is 3.91. The van der Waals surface area contributed by atoms with Crippen LogP contribution in [0, 0.1) is 11.8 Å². The number of nitrogens with one attached hydrogen (secondary N) is 1. The van der Waals surface area contributed by atoms with Gasteiger partial charge in [-0.3, -0.25) is 0 Å². The zero-order valence-corrected chi connectivity index (χ0v) is 10.4. The smallest absolute Gasteiger partial charge is 0.0584 e. The van der Waals surface area contributed by atoms with Gasteiger partial charge in [0.15, 0.2) is 0 Å². The maximum atomic E-state index is 9.22. The molecule has 2 N–H and O–H groups in total. The Morgan fingerprint density at radius 2 is 1.71 bits per heavy atom. The fourth-order valence-corrected chi connectivity index (χ4v) is 1.65. The van der Waals surface area contributed by atoms with Crippen LogP contribution in [0.25, 0.3) is 0 Å². The van der Waals surface area contributed by atoms with Gasteiger partial charge in [0.1, 0.15) is 0 Å². The largest absolute Gasteiger partial charge is 0.395 e. The predicted molar refractivity (Wildman–Crippen MR) is 62.4 cm³/mol. The summed E-state index contributed by atoms with van der Waals surface area (Å²) in [6, 6.07) is 0.759. The number of rotatable bonds is 7. The van der Waals surface area contributed by atoms with Crippen LogP contribution in [0.2, 0.25) is 0 Å². The number of aliphatic hydroxyl groups excluding tert-OH is 1. The van der Waals surface area contributed by atoms with Gasteiger partial charge in [-0.25, -0.2) is 0 Å². The van der Waals surface area contributed by atoms with Crippen molar-refractivity contribution in [2.75, 3.05) is 6.61 Å². The maximum Gasteiger partial charge on any atom is 0.0584 e. The fraction of sp³-hybridized carbons (Fsp3) is 1.00. The minimum atomic E-state index is 0.249. The molecule has 0 fully saturated rings. The molecule has 0 radical (unpaired) electrons. The van der Waals surface area contributed by atoms with E-state index in [-0.39, 0.29) is 12.6 Å². The van der Waals surface area contributed by atoms with Crippen LogP contribution in [-0.2, 0) is 0 Å². The molecule has 0 rings (SSSR count). The second-order valence-corrected chi connectivity index (χ2v) is 4.85. The Bertz CT molecular complexity index is 136. The third kappa shape index (κ3) is 5.61. The van der Waals surface area contributed by atoms with Crippen molar-refractivity contribution in [2.45, 2.75) is 59.5 Å². The van der Waals surface area contributed by atoms with Gasteiger partial charge in [-0.2, -0.15) is 0 Å². The molecule has 0 saturated heterocycles. The lowest BCUT2D eigenvalue weighted by atomic mass is 9.98. The van der Waals surface area contributed by atoms with Crippen LogP contribution in [-0.4, -0.2) is 23.8 Å². The van der Waals surface area contributed by atoms with Gasteiger partial charge in [0, 0.05) is 12.1 Å². The summed E-state index contributed by atoms with van der Waals surface area (Å²) in [6.07, 6.45) is 2.24. The number of hydrogen-bond donors (Lipinski definition) is 2. The van der Waals surface area contributed by atoms with Gasteiger partial charge in [-0.1, -0.05) is 34.1 Å². The first kappa shape index (κ1) is 13.9. The summed E-state index contributed by atoms with van der Waals surface area (Å²) in [4.78, 5) is 0. The third-order valence-electron chi connectivity index (χ3n) is 2.97. The van der Waals surface area contributed by atoms with Gasteiger partial charge in [0.25, 0.3) is 0 Å². The van der Waals surface area contributed by atoms with E-state index in [0.29, 0.717) is 17.9 Å². The number of hydrogen-bond acceptors (Lipinski definition) is 2. The fourth-order valence-electron chi connectivity index (χ4n) is 1.65. The van der Waals surface area contributed by atoms with Crippen LogP contribution in [0.1, 0.15) is 47.5 Å². The van der Waals surface area contributed by atoms with Crippen molar-refractivity contribution in [1.82, 2.24) is 5.32 Å². The molecule has 0 bridgehead atoms. The molecule has 0 aromatic carbocycles. The minimum absolute atomic E-state index is 0.249. The molecular formula is C12H27NO. The topological polar surface area (TPSA) is 32.3 Å². The molecule has 0 aromatic heterocycles. The lowest BCUT2D eigenvalue weighted by molar-refractivity contribution is 0.202. The molecule has 0 amide bonds. The average molecular weight is 201 g/mol. The van der Waals surface area contributed by atoms with Crippen LogP contribution in [0.15, 0.2) is 0 Å². The summed E-state index contributed by atoms with van der Waals surface area (Å²) >= 11 is 0. The average Bonchev–Trinajstić information content (AvgIpc) is 2.14. The second-order valence-electron chi connectivity index (χ2n) is 4.85. The van der Waals surface area contributed by atoms with Crippen molar-refractivity contribution in [1.29, 1.82) is 0 Å². The van der Waals surface area contributed by atoms with Crippen molar-refractivity contribution < 1.29 is 5.11 Å². The van der Waals surface area contributed by atoms with Crippen LogP contribution >= 0.6 is 0 Å². The van der Waals surface area contributed by atoms with E-state index in [1.165, 1.54) is 6.42 Å². The number of aliphatic hydroxyl groups is 1. The first-order valence-corrected chi connectivity index (χ1v) is 5.88. The molecule has 14 heavy (non-hydrogen) atoms. The Morgan fingerprint density at radius 3 is 2.07 bits per heavy atom. The van der Waals surface area contributed by atoms with E-state index in [1.807, 2.05) is 0 Å².